The summed E-state index contributed by atoms with van der Waals surface area (Å²) in [5.41, 5.74) is 2.74. The largest absolute Gasteiger partial charge is 0.465 e. The van der Waals surface area contributed by atoms with Gasteiger partial charge in [-0.25, -0.2) is 9.59 Å². The highest BCUT2D eigenvalue weighted by atomic mass is 16.5. The minimum Gasteiger partial charge on any atom is -0.465 e. The van der Waals surface area contributed by atoms with Gasteiger partial charge >= 0.3 is 11.9 Å². The Hall–Kier alpha value is -3.09. The van der Waals surface area contributed by atoms with Gasteiger partial charge in [-0.2, -0.15) is 5.10 Å². The van der Waals surface area contributed by atoms with Crippen LogP contribution in [0.25, 0.3) is 10.9 Å². The highest BCUT2D eigenvalue weighted by Gasteiger charge is 2.30. The monoisotopic (exact) mass is 367 g/mol. The van der Waals surface area contributed by atoms with Crippen LogP contribution in [0.4, 0.5) is 0 Å². The summed E-state index contributed by atoms with van der Waals surface area (Å²) >= 11 is 0. The van der Waals surface area contributed by atoms with Crippen LogP contribution in [0.1, 0.15) is 52.2 Å². The van der Waals surface area contributed by atoms with Crippen LogP contribution in [-0.4, -0.2) is 33.4 Å². The van der Waals surface area contributed by atoms with Gasteiger partial charge in [0.05, 0.1) is 24.4 Å². The van der Waals surface area contributed by atoms with Crippen LogP contribution in [0, 0.1) is 6.92 Å². The second-order valence-electron chi connectivity index (χ2n) is 6.71. The lowest BCUT2D eigenvalue weighted by Gasteiger charge is -2.06. The van der Waals surface area contributed by atoms with Crippen molar-refractivity contribution in [2.75, 3.05) is 7.11 Å². The zero-order valence-corrected chi connectivity index (χ0v) is 15.6. The number of esters is 2. The number of fused-ring (bicyclic) bond motifs is 1. The van der Waals surface area contributed by atoms with Gasteiger partial charge in [-0.3, -0.25) is 4.68 Å². The van der Waals surface area contributed by atoms with Gasteiger partial charge in [-0.15, -0.1) is 0 Å². The lowest BCUT2D eigenvalue weighted by atomic mass is 10.1. The summed E-state index contributed by atoms with van der Waals surface area (Å²) in [6.45, 7) is 4.54. The molecule has 27 heavy (non-hydrogen) atoms. The van der Waals surface area contributed by atoms with Crippen molar-refractivity contribution in [1.82, 2.24) is 14.3 Å². The van der Waals surface area contributed by atoms with E-state index in [1.54, 1.807) is 23.0 Å². The first-order valence-corrected chi connectivity index (χ1v) is 9.01. The Morgan fingerprint density at radius 2 is 2.04 bits per heavy atom. The maximum absolute atomic E-state index is 12.4. The van der Waals surface area contributed by atoms with Crippen molar-refractivity contribution < 1.29 is 19.1 Å². The number of nitrogens with zero attached hydrogens (tertiary/aromatic N) is 3. The number of rotatable bonds is 5. The summed E-state index contributed by atoms with van der Waals surface area (Å²) in [5.74, 6) is -0.480. The molecule has 7 heteroatoms. The fraction of sp³-hybridized carbons (Fsp3) is 0.350. The predicted octanol–water partition coefficient (Wildman–Crippen LogP) is 3.51. The Morgan fingerprint density at radius 3 is 2.67 bits per heavy atom. The van der Waals surface area contributed by atoms with Crippen LogP contribution >= 0.6 is 0 Å². The lowest BCUT2D eigenvalue weighted by molar-refractivity contribution is 0.0601. The van der Waals surface area contributed by atoms with Crippen LogP contribution in [0.15, 0.2) is 30.6 Å². The molecule has 0 radical (unpaired) electrons. The van der Waals surface area contributed by atoms with Gasteiger partial charge in [-0.05, 0) is 44.9 Å². The second-order valence-corrected chi connectivity index (χ2v) is 6.71. The molecule has 140 valence electrons. The van der Waals surface area contributed by atoms with Gasteiger partial charge < -0.3 is 14.0 Å². The second kappa shape index (κ2) is 6.57. The summed E-state index contributed by atoms with van der Waals surface area (Å²) in [4.78, 5) is 24.7. The van der Waals surface area contributed by atoms with Gasteiger partial charge in [0, 0.05) is 35.4 Å². The van der Waals surface area contributed by atoms with Crippen molar-refractivity contribution in [3.63, 3.8) is 0 Å². The molecular weight excluding hydrogens is 346 g/mol. The molecule has 0 spiro atoms. The first-order chi connectivity index (χ1) is 13.0. The maximum Gasteiger partial charge on any atom is 0.346 e. The van der Waals surface area contributed by atoms with Crippen molar-refractivity contribution in [3.05, 3.63) is 47.4 Å². The molecule has 0 bridgehead atoms. The molecule has 1 aliphatic rings. The van der Waals surface area contributed by atoms with Crippen LogP contribution in [0.3, 0.4) is 0 Å². The zero-order valence-electron chi connectivity index (χ0n) is 15.6. The summed E-state index contributed by atoms with van der Waals surface area (Å²) in [7, 11) is 1.37. The number of hydrogen-bond donors (Lipinski definition) is 0. The Balaban J connectivity index is 1.72. The summed E-state index contributed by atoms with van der Waals surface area (Å²) in [6, 6.07) is 5.80. The fourth-order valence-corrected chi connectivity index (χ4v) is 3.46. The summed E-state index contributed by atoms with van der Waals surface area (Å²) < 4.78 is 14.3. The topological polar surface area (TPSA) is 75.3 Å². The van der Waals surface area contributed by atoms with E-state index in [1.165, 1.54) is 13.3 Å². The fourth-order valence-electron chi connectivity index (χ4n) is 3.46. The van der Waals surface area contributed by atoms with E-state index in [2.05, 4.69) is 9.67 Å². The van der Waals surface area contributed by atoms with E-state index < -0.39 is 5.97 Å². The lowest BCUT2D eigenvalue weighted by Crippen LogP contribution is -2.07. The highest BCUT2D eigenvalue weighted by Crippen LogP contribution is 2.42. The molecule has 0 aliphatic heterocycles. The molecule has 1 aliphatic carbocycles. The van der Waals surface area contributed by atoms with Gasteiger partial charge in [0.25, 0.3) is 0 Å². The van der Waals surface area contributed by atoms with E-state index in [0.717, 1.165) is 29.4 Å². The zero-order chi connectivity index (χ0) is 19.1. The molecule has 1 saturated carbocycles. The van der Waals surface area contributed by atoms with Gasteiger partial charge in [0.2, 0.25) is 0 Å². The van der Waals surface area contributed by atoms with Gasteiger partial charge in [-0.1, -0.05) is 0 Å². The van der Waals surface area contributed by atoms with Crippen LogP contribution in [0.2, 0.25) is 0 Å². The summed E-state index contributed by atoms with van der Waals surface area (Å²) in [5, 5.41) is 4.83. The quantitative estimate of drug-likeness (QED) is 0.510. The van der Waals surface area contributed by atoms with Crippen LogP contribution in [0.5, 0.6) is 5.75 Å². The minimum absolute atomic E-state index is 0.384. The third-order valence-corrected chi connectivity index (χ3v) is 4.93. The summed E-state index contributed by atoms with van der Waals surface area (Å²) in [6.07, 6.45) is 5.33. The van der Waals surface area contributed by atoms with Gasteiger partial charge in [0.1, 0.15) is 5.75 Å². The third kappa shape index (κ3) is 2.99. The Morgan fingerprint density at radius 1 is 1.26 bits per heavy atom. The van der Waals surface area contributed by atoms with E-state index in [9.17, 15) is 9.59 Å². The number of aryl methyl sites for hydroxylation is 1. The van der Waals surface area contributed by atoms with E-state index in [-0.39, 0.29) is 5.97 Å². The highest BCUT2D eigenvalue weighted by molar-refractivity contribution is 6.06. The van der Waals surface area contributed by atoms with E-state index in [4.69, 9.17) is 9.47 Å². The average molecular weight is 367 g/mol. The molecule has 0 atom stereocenters. The molecule has 0 N–H and O–H groups in total. The standard InChI is InChI=1S/C20H21N3O4/c1-4-22-11-13(10-21-22)19(24)27-15-7-8-17-16(9-15)18(20(25)26-3)12(2)23(17)14-5-6-14/h7-11,14H,4-6H2,1-3H3. The average Bonchev–Trinajstić information content (AvgIpc) is 3.29. The number of benzene rings is 1. The Labute approximate surface area is 156 Å². The van der Waals surface area contributed by atoms with E-state index in [0.29, 0.717) is 29.5 Å². The predicted molar refractivity (Wildman–Crippen MR) is 99.1 cm³/mol. The van der Waals surface area contributed by atoms with Crippen molar-refractivity contribution in [2.45, 2.75) is 39.3 Å². The molecule has 0 unspecified atom stereocenters. The van der Waals surface area contributed by atoms with Crippen LogP contribution < -0.4 is 4.74 Å². The number of carbonyl (C=O) groups is 2. The SMILES string of the molecule is CCn1cc(C(=O)Oc2ccc3c(c2)c(C(=O)OC)c(C)n3C2CC2)cn1. The molecule has 7 nitrogen and oxygen atoms in total. The smallest absolute Gasteiger partial charge is 0.346 e. The minimum atomic E-state index is -0.480. The number of aromatic nitrogens is 3. The molecule has 0 amide bonds. The van der Waals surface area contributed by atoms with Crippen molar-refractivity contribution in [3.8, 4) is 5.75 Å². The molecule has 2 heterocycles. The van der Waals surface area contributed by atoms with Crippen molar-refractivity contribution in [2.24, 2.45) is 0 Å². The van der Waals surface area contributed by atoms with E-state index in [1.807, 2.05) is 19.9 Å². The maximum atomic E-state index is 12.4. The van der Waals surface area contributed by atoms with Crippen LogP contribution in [-0.2, 0) is 11.3 Å². The first kappa shape index (κ1) is 17.3. The van der Waals surface area contributed by atoms with Crippen molar-refractivity contribution >= 4 is 22.8 Å². The Kier molecular flexibility index (Phi) is 4.22. The normalized spacial score (nSPS) is 13.7. The number of ether oxygens (including phenoxy) is 2. The Bertz CT molecular complexity index is 1040. The third-order valence-electron chi connectivity index (χ3n) is 4.93. The first-order valence-electron chi connectivity index (χ1n) is 9.01. The molecule has 1 fully saturated rings. The molecule has 0 saturated heterocycles. The number of hydrogen-bond acceptors (Lipinski definition) is 5. The molecule has 3 aromatic rings. The molecule has 2 aromatic heterocycles. The molecule has 4 rings (SSSR count). The van der Waals surface area contributed by atoms with Crippen molar-refractivity contribution in [1.29, 1.82) is 0 Å². The molecular formula is C20H21N3O4. The van der Waals surface area contributed by atoms with Gasteiger partial charge in [0.15, 0.2) is 0 Å². The number of methoxy groups -OCH3 is 1. The number of carbonyl (C=O) groups excluding carboxylic acids is 2. The molecule has 1 aromatic carbocycles. The van der Waals surface area contributed by atoms with E-state index >= 15 is 0 Å².